The molecule has 2 fully saturated rings. The molecule has 0 aromatic heterocycles. The molecule has 2 aliphatic heterocycles. The number of benzene rings is 1. The molecule has 4 heteroatoms. The molecule has 0 radical (unpaired) electrons. The Kier molecular flexibility index (Phi) is 3.09. The molecule has 19 heavy (non-hydrogen) atoms. The Labute approximate surface area is 114 Å². The number of rotatable bonds is 1. The van der Waals surface area contributed by atoms with Crippen molar-refractivity contribution in [2.24, 2.45) is 5.92 Å². The first-order chi connectivity index (χ1) is 9.15. The number of piperidine rings is 2. The van der Waals surface area contributed by atoms with Crippen LogP contribution in [0.3, 0.4) is 0 Å². The van der Waals surface area contributed by atoms with Crippen molar-refractivity contribution in [2.75, 3.05) is 23.7 Å². The fraction of sp³-hybridized carbons (Fsp3) is 0.533. The lowest BCUT2D eigenvalue weighted by Crippen LogP contribution is -2.54. The van der Waals surface area contributed by atoms with Crippen LogP contribution in [0.5, 0.6) is 0 Å². The predicted molar refractivity (Wildman–Crippen MR) is 77.1 cm³/mol. The van der Waals surface area contributed by atoms with Crippen molar-refractivity contribution >= 4 is 17.3 Å². The van der Waals surface area contributed by atoms with Crippen LogP contribution >= 0.6 is 0 Å². The quantitative estimate of drug-likeness (QED) is 0.754. The summed E-state index contributed by atoms with van der Waals surface area (Å²) in [6.07, 6.45) is 2.68. The summed E-state index contributed by atoms with van der Waals surface area (Å²) in [6, 6.07) is 6.45. The normalized spacial score (nSPS) is 26.8. The van der Waals surface area contributed by atoms with Gasteiger partial charge in [0.1, 0.15) is 0 Å². The van der Waals surface area contributed by atoms with E-state index in [9.17, 15) is 4.79 Å². The lowest BCUT2D eigenvalue weighted by atomic mass is 9.84. The number of anilines is 2. The summed E-state index contributed by atoms with van der Waals surface area (Å²) in [4.78, 5) is 13.8. The third-order valence-corrected chi connectivity index (χ3v) is 4.41. The van der Waals surface area contributed by atoms with Gasteiger partial charge >= 0.3 is 0 Å². The molecule has 1 aromatic carbocycles. The average Bonchev–Trinajstić information content (AvgIpc) is 2.38. The third kappa shape index (κ3) is 2.27. The Bertz CT molecular complexity index is 480. The Morgan fingerprint density at radius 3 is 3.00 bits per heavy atom. The second-order valence-corrected chi connectivity index (χ2v) is 5.72. The van der Waals surface area contributed by atoms with Gasteiger partial charge in [-0.1, -0.05) is 12.1 Å². The third-order valence-electron chi connectivity index (χ3n) is 4.41. The lowest BCUT2D eigenvalue weighted by Gasteiger charge is -2.43. The predicted octanol–water partition coefficient (Wildman–Crippen LogP) is 1.68. The number of nitrogens with zero attached hydrogens (tertiary/aromatic N) is 1. The van der Waals surface area contributed by atoms with Crippen LogP contribution in [-0.2, 0) is 4.79 Å². The zero-order chi connectivity index (χ0) is 13.4. The van der Waals surface area contributed by atoms with Crippen LogP contribution in [0.2, 0.25) is 0 Å². The topological polar surface area (TPSA) is 58.4 Å². The zero-order valence-electron chi connectivity index (χ0n) is 11.4. The molecule has 4 nitrogen and oxygen atoms in total. The second kappa shape index (κ2) is 4.76. The largest absolute Gasteiger partial charge is 0.397 e. The van der Waals surface area contributed by atoms with E-state index in [1.165, 1.54) is 11.3 Å². The fourth-order valence-electron chi connectivity index (χ4n) is 3.43. The molecule has 2 aliphatic rings. The molecular weight excluding hydrogens is 238 g/mol. The van der Waals surface area contributed by atoms with E-state index in [0.717, 1.165) is 31.6 Å². The summed E-state index contributed by atoms with van der Waals surface area (Å²) in [7, 11) is 0. The van der Waals surface area contributed by atoms with Crippen molar-refractivity contribution in [3.8, 4) is 0 Å². The number of nitrogen functional groups attached to an aromatic ring is 1. The molecule has 102 valence electrons. The van der Waals surface area contributed by atoms with E-state index in [4.69, 9.17) is 5.73 Å². The maximum Gasteiger partial charge on any atom is 0.220 e. The van der Waals surface area contributed by atoms with Gasteiger partial charge in [-0.3, -0.25) is 4.79 Å². The zero-order valence-corrected chi connectivity index (χ0v) is 11.4. The van der Waals surface area contributed by atoms with Gasteiger partial charge in [0.25, 0.3) is 0 Å². The summed E-state index contributed by atoms with van der Waals surface area (Å²) in [5.41, 5.74) is 9.40. The highest BCUT2D eigenvalue weighted by atomic mass is 16.1. The Morgan fingerprint density at radius 1 is 1.37 bits per heavy atom. The molecule has 3 N–H and O–H groups in total. The molecule has 2 heterocycles. The van der Waals surface area contributed by atoms with Crippen molar-refractivity contribution in [2.45, 2.75) is 32.2 Å². The number of aryl methyl sites for hydroxylation is 1. The SMILES string of the molecule is Cc1cccc(N)c1N1CCC2NC(=O)CCC2C1. The van der Waals surface area contributed by atoms with Crippen LogP contribution in [-0.4, -0.2) is 25.0 Å². The molecule has 0 bridgehead atoms. The van der Waals surface area contributed by atoms with Crippen LogP contribution < -0.4 is 16.0 Å². The van der Waals surface area contributed by atoms with Crippen molar-refractivity contribution in [1.29, 1.82) is 0 Å². The maximum absolute atomic E-state index is 11.4. The summed E-state index contributed by atoms with van der Waals surface area (Å²) in [5.74, 6) is 0.774. The minimum Gasteiger partial charge on any atom is -0.397 e. The summed E-state index contributed by atoms with van der Waals surface area (Å²) >= 11 is 0. The lowest BCUT2D eigenvalue weighted by molar-refractivity contribution is -0.124. The first kappa shape index (κ1) is 12.3. The van der Waals surface area contributed by atoms with Crippen molar-refractivity contribution in [3.05, 3.63) is 23.8 Å². The summed E-state index contributed by atoms with van der Waals surface area (Å²) < 4.78 is 0. The van der Waals surface area contributed by atoms with Crippen LogP contribution in [0.1, 0.15) is 24.8 Å². The Morgan fingerprint density at radius 2 is 2.21 bits per heavy atom. The van der Waals surface area contributed by atoms with Gasteiger partial charge in [0.05, 0.1) is 11.4 Å². The van der Waals surface area contributed by atoms with Gasteiger partial charge in [-0.05, 0) is 37.3 Å². The number of hydrogen-bond acceptors (Lipinski definition) is 3. The van der Waals surface area contributed by atoms with E-state index >= 15 is 0 Å². The molecular formula is C15H21N3O. The van der Waals surface area contributed by atoms with Gasteiger partial charge in [-0.2, -0.15) is 0 Å². The van der Waals surface area contributed by atoms with Gasteiger partial charge in [-0.15, -0.1) is 0 Å². The van der Waals surface area contributed by atoms with Gasteiger partial charge < -0.3 is 16.0 Å². The second-order valence-electron chi connectivity index (χ2n) is 5.72. The first-order valence-electron chi connectivity index (χ1n) is 7.04. The van der Waals surface area contributed by atoms with E-state index < -0.39 is 0 Å². The molecule has 0 saturated carbocycles. The molecule has 3 rings (SSSR count). The van der Waals surface area contributed by atoms with Gasteiger partial charge in [-0.25, -0.2) is 0 Å². The number of carbonyl (C=O) groups excluding carboxylic acids is 1. The first-order valence-corrected chi connectivity index (χ1v) is 7.04. The number of nitrogens with one attached hydrogen (secondary N) is 1. The van der Waals surface area contributed by atoms with Crippen molar-refractivity contribution < 1.29 is 4.79 Å². The van der Waals surface area contributed by atoms with E-state index in [1.54, 1.807) is 0 Å². The highest BCUT2D eigenvalue weighted by Gasteiger charge is 2.34. The van der Waals surface area contributed by atoms with E-state index in [-0.39, 0.29) is 5.91 Å². The van der Waals surface area contributed by atoms with Crippen LogP contribution in [0.4, 0.5) is 11.4 Å². The molecule has 0 spiro atoms. The van der Waals surface area contributed by atoms with E-state index in [2.05, 4.69) is 23.2 Å². The summed E-state index contributed by atoms with van der Waals surface area (Å²) in [5, 5.41) is 3.12. The Balaban J connectivity index is 1.80. The standard InChI is InChI=1S/C15H21N3O/c1-10-3-2-4-12(16)15(10)18-8-7-13-11(9-18)5-6-14(19)17-13/h2-4,11,13H,5-9,16H2,1H3,(H,17,19). The van der Waals surface area contributed by atoms with E-state index in [0.29, 0.717) is 18.4 Å². The molecule has 2 unspecified atom stereocenters. The number of fused-ring (bicyclic) bond motifs is 1. The van der Waals surface area contributed by atoms with Crippen molar-refractivity contribution in [3.63, 3.8) is 0 Å². The molecule has 2 atom stereocenters. The summed E-state index contributed by atoms with van der Waals surface area (Å²) in [6.45, 7) is 4.08. The highest BCUT2D eigenvalue weighted by molar-refractivity contribution is 5.77. The maximum atomic E-state index is 11.4. The fourth-order valence-corrected chi connectivity index (χ4v) is 3.43. The number of amides is 1. The average molecular weight is 259 g/mol. The number of nitrogens with two attached hydrogens (primary N) is 1. The molecule has 2 saturated heterocycles. The highest BCUT2D eigenvalue weighted by Crippen LogP contribution is 2.33. The minimum atomic E-state index is 0.213. The minimum absolute atomic E-state index is 0.213. The van der Waals surface area contributed by atoms with Crippen LogP contribution in [0.15, 0.2) is 18.2 Å². The van der Waals surface area contributed by atoms with Crippen LogP contribution in [0.25, 0.3) is 0 Å². The molecule has 1 amide bonds. The molecule has 1 aromatic rings. The van der Waals surface area contributed by atoms with Gasteiger partial charge in [0.2, 0.25) is 5.91 Å². The Hall–Kier alpha value is -1.71. The number of hydrogen-bond donors (Lipinski definition) is 2. The van der Waals surface area contributed by atoms with Gasteiger partial charge in [0, 0.05) is 25.6 Å². The monoisotopic (exact) mass is 259 g/mol. The number of para-hydroxylation sites is 1. The molecule has 0 aliphatic carbocycles. The van der Waals surface area contributed by atoms with Crippen LogP contribution in [0, 0.1) is 12.8 Å². The van der Waals surface area contributed by atoms with Crippen molar-refractivity contribution in [1.82, 2.24) is 5.32 Å². The number of carbonyl (C=O) groups is 1. The van der Waals surface area contributed by atoms with E-state index in [1.807, 2.05) is 12.1 Å². The smallest absolute Gasteiger partial charge is 0.220 e. The van der Waals surface area contributed by atoms with Gasteiger partial charge in [0.15, 0.2) is 0 Å².